The van der Waals surface area contributed by atoms with Crippen LogP contribution in [0.25, 0.3) is 0 Å². The van der Waals surface area contributed by atoms with Crippen LogP contribution in [-0.2, 0) is 0 Å². The molecular formula is C19H34N2. The molecule has 0 spiro atoms. The van der Waals surface area contributed by atoms with Gasteiger partial charge >= 0.3 is 0 Å². The molecule has 0 bridgehead atoms. The van der Waals surface area contributed by atoms with Crippen molar-refractivity contribution in [3.05, 3.63) is 35.4 Å². The average Bonchev–Trinajstić information content (AvgIpc) is 2.49. The Kier molecular flexibility index (Phi) is 8.63. The second kappa shape index (κ2) is 9.97. The van der Waals surface area contributed by atoms with Crippen LogP contribution in [0.5, 0.6) is 0 Å². The van der Waals surface area contributed by atoms with Crippen LogP contribution in [0.1, 0.15) is 63.6 Å². The molecule has 1 N–H and O–H groups in total. The first kappa shape index (κ1) is 18.2. The summed E-state index contributed by atoms with van der Waals surface area (Å²) in [4.78, 5) is 2.50. The SMILES string of the molecule is CCCCCN(C)C(C)C(NCCC)c1ccc(C)cc1. The lowest BCUT2D eigenvalue weighted by Crippen LogP contribution is -2.41. The van der Waals surface area contributed by atoms with Crippen molar-refractivity contribution in [1.82, 2.24) is 10.2 Å². The van der Waals surface area contributed by atoms with E-state index < -0.39 is 0 Å². The quantitative estimate of drug-likeness (QED) is 0.636. The molecule has 1 aromatic carbocycles. The molecule has 0 aliphatic carbocycles. The first-order valence-electron chi connectivity index (χ1n) is 8.60. The summed E-state index contributed by atoms with van der Waals surface area (Å²) in [5.74, 6) is 0. The van der Waals surface area contributed by atoms with E-state index in [1.54, 1.807) is 0 Å². The van der Waals surface area contributed by atoms with Crippen molar-refractivity contribution in [1.29, 1.82) is 0 Å². The highest BCUT2D eigenvalue weighted by Crippen LogP contribution is 2.21. The highest BCUT2D eigenvalue weighted by Gasteiger charge is 2.21. The van der Waals surface area contributed by atoms with E-state index in [-0.39, 0.29) is 0 Å². The van der Waals surface area contributed by atoms with Gasteiger partial charge in [0.05, 0.1) is 0 Å². The van der Waals surface area contributed by atoms with Crippen LogP contribution in [0.3, 0.4) is 0 Å². The third-order valence-electron chi connectivity index (χ3n) is 4.34. The molecule has 21 heavy (non-hydrogen) atoms. The van der Waals surface area contributed by atoms with E-state index in [4.69, 9.17) is 0 Å². The lowest BCUT2D eigenvalue weighted by Gasteiger charge is -2.33. The minimum absolute atomic E-state index is 0.414. The standard InChI is InChI=1S/C19H34N2/c1-6-8-9-15-21(5)17(4)19(20-14-7-2)18-12-10-16(3)11-13-18/h10-13,17,19-20H,6-9,14-15H2,1-5H3. The van der Waals surface area contributed by atoms with Gasteiger partial charge in [-0.05, 0) is 52.4 Å². The van der Waals surface area contributed by atoms with Gasteiger partial charge in [-0.15, -0.1) is 0 Å². The van der Waals surface area contributed by atoms with E-state index in [0.717, 1.165) is 6.54 Å². The predicted octanol–water partition coefficient (Wildman–Crippen LogP) is 4.55. The third kappa shape index (κ3) is 6.19. The highest BCUT2D eigenvalue weighted by atomic mass is 15.2. The van der Waals surface area contributed by atoms with Crippen LogP contribution in [0.15, 0.2) is 24.3 Å². The summed E-state index contributed by atoms with van der Waals surface area (Å²) in [7, 11) is 2.26. The monoisotopic (exact) mass is 290 g/mol. The molecule has 0 aromatic heterocycles. The van der Waals surface area contributed by atoms with Crippen molar-refractivity contribution in [3.63, 3.8) is 0 Å². The van der Waals surface area contributed by atoms with Gasteiger partial charge in [0.15, 0.2) is 0 Å². The van der Waals surface area contributed by atoms with E-state index in [9.17, 15) is 0 Å². The van der Waals surface area contributed by atoms with Gasteiger partial charge in [0.1, 0.15) is 0 Å². The minimum atomic E-state index is 0.414. The molecule has 2 nitrogen and oxygen atoms in total. The molecule has 0 aliphatic heterocycles. The molecule has 0 saturated carbocycles. The Labute approximate surface area is 131 Å². The van der Waals surface area contributed by atoms with E-state index in [1.165, 1.54) is 43.4 Å². The highest BCUT2D eigenvalue weighted by molar-refractivity contribution is 5.25. The maximum atomic E-state index is 3.73. The molecule has 0 heterocycles. The number of rotatable bonds is 10. The lowest BCUT2D eigenvalue weighted by atomic mass is 9.98. The summed E-state index contributed by atoms with van der Waals surface area (Å²) in [6.07, 6.45) is 5.09. The topological polar surface area (TPSA) is 15.3 Å². The summed E-state index contributed by atoms with van der Waals surface area (Å²) < 4.78 is 0. The fraction of sp³-hybridized carbons (Fsp3) is 0.684. The maximum absolute atomic E-state index is 3.73. The van der Waals surface area contributed by atoms with Gasteiger partial charge in [0.2, 0.25) is 0 Å². The number of benzene rings is 1. The number of aryl methyl sites for hydroxylation is 1. The van der Waals surface area contributed by atoms with E-state index in [0.29, 0.717) is 12.1 Å². The van der Waals surface area contributed by atoms with Crippen molar-refractivity contribution in [2.24, 2.45) is 0 Å². The first-order valence-corrected chi connectivity index (χ1v) is 8.60. The van der Waals surface area contributed by atoms with Gasteiger partial charge in [-0.2, -0.15) is 0 Å². The molecule has 0 radical (unpaired) electrons. The molecule has 120 valence electrons. The minimum Gasteiger partial charge on any atom is -0.309 e. The van der Waals surface area contributed by atoms with E-state index >= 15 is 0 Å². The average molecular weight is 290 g/mol. The van der Waals surface area contributed by atoms with Gasteiger partial charge in [-0.1, -0.05) is 56.5 Å². The molecule has 1 aromatic rings. The molecule has 0 saturated heterocycles. The van der Waals surface area contributed by atoms with Crippen LogP contribution in [-0.4, -0.2) is 31.1 Å². The third-order valence-corrected chi connectivity index (χ3v) is 4.34. The summed E-state index contributed by atoms with van der Waals surface area (Å²) in [5.41, 5.74) is 2.74. The van der Waals surface area contributed by atoms with Crippen molar-refractivity contribution in [2.45, 2.75) is 65.5 Å². The summed E-state index contributed by atoms with van der Waals surface area (Å²) in [6, 6.07) is 9.92. The molecule has 1 rings (SSSR count). The predicted molar refractivity (Wildman–Crippen MR) is 93.8 cm³/mol. The second-order valence-electron chi connectivity index (χ2n) is 6.27. The number of nitrogens with zero attached hydrogens (tertiary/aromatic N) is 1. The van der Waals surface area contributed by atoms with Crippen molar-refractivity contribution in [2.75, 3.05) is 20.1 Å². The largest absolute Gasteiger partial charge is 0.309 e. The van der Waals surface area contributed by atoms with E-state index in [1.807, 2.05) is 0 Å². The Balaban J connectivity index is 2.73. The number of hydrogen-bond donors (Lipinski definition) is 1. The molecule has 0 amide bonds. The Morgan fingerprint density at radius 3 is 2.29 bits per heavy atom. The lowest BCUT2D eigenvalue weighted by molar-refractivity contribution is 0.203. The zero-order valence-corrected chi connectivity index (χ0v) is 14.7. The summed E-state index contributed by atoms with van der Waals surface area (Å²) in [6.45, 7) is 11.3. The van der Waals surface area contributed by atoms with Crippen molar-refractivity contribution >= 4 is 0 Å². The van der Waals surface area contributed by atoms with Crippen molar-refractivity contribution < 1.29 is 0 Å². The van der Waals surface area contributed by atoms with Crippen LogP contribution >= 0.6 is 0 Å². The Hall–Kier alpha value is -0.860. The molecular weight excluding hydrogens is 256 g/mol. The number of nitrogens with one attached hydrogen (secondary N) is 1. The molecule has 2 heteroatoms. The molecule has 2 unspecified atom stereocenters. The smallest absolute Gasteiger partial charge is 0.0475 e. The van der Waals surface area contributed by atoms with Crippen LogP contribution in [0, 0.1) is 6.92 Å². The van der Waals surface area contributed by atoms with Crippen molar-refractivity contribution in [3.8, 4) is 0 Å². The van der Waals surface area contributed by atoms with Gasteiger partial charge in [0.25, 0.3) is 0 Å². The summed E-state index contributed by atoms with van der Waals surface area (Å²) >= 11 is 0. The Morgan fingerprint density at radius 1 is 1.05 bits per heavy atom. The number of unbranched alkanes of at least 4 members (excludes halogenated alkanes) is 2. The van der Waals surface area contributed by atoms with Gasteiger partial charge in [-0.3, -0.25) is 0 Å². The Morgan fingerprint density at radius 2 is 1.71 bits per heavy atom. The normalized spacial score (nSPS) is 14.4. The van der Waals surface area contributed by atoms with E-state index in [2.05, 4.69) is 69.2 Å². The molecule has 2 atom stereocenters. The number of hydrogen-bond acceptors (Lipinski definition) is 2. The maximum Gasteiger partial charge on any atom is 0.0475 e. The number of likely N-dealkylation sites (N-methyl/N-ethyl adjacent to an activating group) is 1. The fourth-order valence-electron chi connectivity index (χ4n) is 2.71. The first-order chi connectivity index (χ1) is 10.1. The zero-order valence-electron chi connectivity index (χ0n) is 14.7. The van der Waals surface area contributed by atoms with Gasteiger partial charge in [0, 0.05) is 12.1 Å². The van der Waals surface area contributed by atoms with Crippen LogP contribution in [0.4, 0.5) is 0 Å². The van der Waals surface area contributed by atoms with Crippen LogP contribution in [0.2, 0.25) is 0 Å². The van der Waals surface area contributed by atoms with Gasteiger partial charge < -0.3 is 10.2 Å². The summed E-state index contributed by atoms with van der Waals surface area (Å²) in [5, 5.41) is 3.73. The molecule has 0 aliphatic rings. The van der Waals surface area contributed by atoms with Gasteiger partial charge in [-0.25, -0.2) is 0 Å². The fourth-order valence-corrected chi connectivity index (χ4v) is 2.71. The second-order valence-corrected chi connectivity index (χ2v) is 6.27. The molecule has 0 fully saturated rings. The zero-order chi connectivity index (χ0) is 15.7. The van der Waals surface area contributed by atoms with Crippen LogP contribution < -0.4 is 5.32 Å². The Bertz CT molecular complexity index is 372.